The summed E-state index contributed by atoms with van der Waals surface area (Å²) in [6.45, 7) is 4.10. The second-order valence-electron chi connectivity index (χ2n) is 5.07. The smallest absolute Gasteiger partial charge is 0.223 e. The highest BCUT2D eigenvalue weighted by Crippen LogP contribution is 2.30. The van der Waals surface area contributed by atoms with Gasteiger partial charge in [-0.1, -0.05) is 38.1 Å². The Kier molecular flexibility index (Phi) is 4.02. The fourth-order valence-corrected chi connectivity index (χ4v) is 2.74. The fourth-order valence-electron chi connectivity index (χ4n) is 2.74. The minimum atomic E-state index is -0.0192. The lowest BCUT2D eigenvalue weighted by Gasteiger charge is -2.21. The van der Waals surface area contributed by atoms with E-state index in [1.165, 1.54) is 11.1 Å². The quantitative estimate of drug-likeness (QED) is 0.855. The van der Waals surface area contributed by atoms with E-state index in [-0.39, 0.29) is 23.9 Å². The van der Waals surface area contributed by atoms with E-state index in [1.54, 1.807) is 0 Å². The van der Waals surface area contributed by atoms with Crippen LogP contribution in [-0.4, -0.2) is 11.9 Å². The number of fused-ring (bicyclic) bond motifs is 1. The molecular formula is C15H22N2O. The maximum Gasteiger partial charge on any atom is 0.223 e. The summed E-state index contributed by atoms with van der Waals surface area (Å²) < 4.78 is 0. The Balaban J connectivity index is 2.12. The molecule has 0 saturated heterocycles. The second kappa shape index (κ2) is 5.53. The Labute approximate surface area is 109 Å². The molecule has 0 fully saturated rings. The number of hydrogen-bond donors (Lipinski definition) is 2. The van der Waals surface area contributed by atoms with Gasteiger partial charge in [-0.2, -0.15) is 0 Å². The number of carbonyl (C=O) groups is 1. The normalized spacial score (nSPS) is 22.0. The van der Waals surface area contributed by atoms with E-state index in [0.717, 1.165) is 19.3 Å². The summed E-state index contributed by atoms with van der Waals surface area (Å²) in [5, 5.41) is 3.12. The lowest BCUT2D eigenvalue weighted by atomic mass is 10.0. The average Bonchev–Trinajstić information content (AvgIpc) is 2.68. The third kappa shape index (κ3) is 2.41. The molecule has 0 aromatic heterocycles. The largest absolute Gasteiger partial charge is 0.347 e. The molecule has 3 nitrogen and oxygen atoms in total. The molecule has 98 valence electrons. The first-order chi connectivity index (χ1) is 8.67. The molecule has 0 heterocycles. The van der Waals surface area contributed by atoms with Gasteiger partial charge in [0.15, 0.2) is 0 Å². The van der Waals surface area contributed by atoms with Crippen LogP contribution < -0.4 is 11.1 Å². The zero-order valence-corrected chi connectivity index (χ0v) is 11.1. The Morgan fingerprint density at radius 1 is 1.39 bits per heavy atom. The van der Waals surface area contributed by atoms with Gasteiger partial charge < -0.3 is 11.1 Å². The highest BCUT2D eigenvalue weighted by Gasteiger charge is 2.31. The van der Waals surface area contributed by atoms with E-state index < -0.39 is 0 Å². The third-order valence-electron chi connectivity index (χ3n) is 3.93. The molecule has 2 rings (SSSR count). The predicted octanol–water partition coefficient (Wildman–Crippen LogP) is 2.16. The zero-order valence-electron chi connectivity index (χ0n) is 11.1. The van der Waals surface area contributed by atoms with Gasteiger partial charge in [0.1, 0.15) is 0 Å². The summed E-state index contributed by atoms with van der Waals surface area (Å²) in [6.07, 6.45) is 2.61. The molecule has 1 aliphatic carbocycles. The van der Waals surface area contributed by atoms with Crippen molar-refractivity contribution in [1.82, 2.24) is 5.32 Å². The van der Waals surface area contributed by atoms with Crippen molar-refractivity contribution in [1.29, 1.82) is 0 Å². The van der Waals surface area contributed by atoms with Crippen LogP contribution in [0.3, 0.4) is 0 Å². The molecule has 1 amide bonds. The average molecular weight is 246 g/mol. The SMILES string of the molecule is CCC(CC)C(=O)NC1c2ccccc2CC1N. The molecule has 18 heavy (non-hydrogen) atoms. The number of rotatable bonds is 4. The molecule has 1 aromatic rings. The monoisotopic (exact) mass is 246 g/mol. The maximum absolute atomic E-state index is 12.1. The molecule has 3 heteroatoms. The van der Waals surface area contributed by atoms with Crippen LogP contribution in [0.4, 0.5) is 0 Å². The van der Waals surface area contributed by atoms with Crippen LogP contribution in [-0.2, 0) is 11.2 Å². The van der Waals surface area contributed by atoms with Gasteiger partial charge in [0.05, 0.1) is 6.04 Å². The van der Waals surface area contributed by atoms with Crippen molar-refractivity contribution in [2.75, 3.05) is 0 Å². The van der Waals surface area contributed by atoms with E-state index >= 15 is 0 Å². The molecular weight excluding hydrogens is 224 g/mol. The molecule has 3 N–H and O–H groups in total. The predicted molar refractivity (Wildman–Crippen MR) is 73.1 cm³/mol. The number of nitrogens with one attached hydrogen (secondary N) is 1. The number of carbonyl (C=O) groups excluding carboxylic acids is 1. The number of hydrogen-bond acceptors (Lipinski definition) is 2. The van der Waals surface area contributed by atoms with E-state index in [0.29, 0.717) is 0 Å². The summed E-state index contributed by atoms with van der Waals surface area (Å²) in [5.74, 6) is 0.238. The van der Waals surface area contributed by atoms with Crippen molar-refractivity contribution < 1.29 is 4.79 Å². The fraction of sp³-hybridized carbons (Fsp3) is 0.533. The van der Waals surface area contributed by atoms with Gasteiger partial charge in [0, 0.05) is 12.0 Å². The highest BCUT2D eigenvalue weighted by molar-refractivity contribution is 5.79. The minimum absolute atomic E-state index is 0.000659. The molecule has 1 aliphatic rings. The van der Waals surface area contributed by atoms with Gasteiger partial charge in [-0.3, -0.25) is 4.79 Å². The number of benzene rings is 1. The summed E-state index contributed by atoms with van der Waals surface area (Å²) >= 11 is 0. The van der Waals surface area contributed by atoms with Crippen molar-refractivity contribution in [2.45, 2.75) is 45.2 Å². The minimum Gasteiger partial charge on any atom is -0.347 e. The molecule has 1 aromatic carbocycles. The molecule has 0 spiro atoms. The molecule has 2 atom stereocenters. The molecule has 0 bridgehead atoms. The second-order valence-corrected chi connectivity index (χ2v) is 5.07. The topological polar surface area (TPSA) is 55.1 Å². The van der Waals surface area contributed by atoms with Crippen molar-refractivity contribution in [2.24, 2.45) is 11.7 Å². The third-order valence-corrected chi connectivity index (χ3v) is 3.93. The van der Waals surface area contributed by atoms with Crippen LogP contribution in [0, 0.1) is 5.92 Å². The van der Waals surface area contributed by atoms with Crippen molar-refractivity contribution in [3.05, 3.63) is 35.4 Å². The van der Waals surface area contributed by atoms with Crippen molar-refractivity contribution in [3.63, 3.8) is 0 Å². The maximum atomic E-state index is 12.1. The first-order valence-electron chi connectivity index (χ1n) is 6.81. The highest BCUT2D eigenvalue weighted by atomic mass is 16.1. The van der Waals surface area contributed by atoms with Gasteiger partial charge >= 0.3 is 0 Å². The van der Waals surface area contributed by atoms with Crippen LogP contribution in [0.2, 0.25) is 0 Å². The van der Waals surface area contributed by atoms with E-state index in [9.17, 15) is 4.79 Å². The van der Waals surface area contributed by atoms with Crippen LogP contribution in [0.25, 0.3) is 0 Å². The lowest BCUT2D eigenvalue weighted by Crippen LogP contribution is -2.40. The standard InChI is InChI=1S/C15H22N2O/c1-3-10(4-2)15(18)17-14-12-8-6-5-7-11(12)9-13(14)16/h5-8,10,13-14H,3-4,9,16H2,1-2H3,(H,17,18). The van der Waals surface area contributed by atoms with Crippen molar-refractivity contribution in [3.8, 4) is 0 Å². The molecule has 0 saturated carbocycles. The summed E-state index contributed by atoms with van der Waals surface area (Å²) in [5.41, 5.74) is 8.59. The van der Waals surface area contributed by atoms with E-state index in [4.69, 9.17) is 5.73 Å². The van der Waals surface area contributed by atoms with E-state index in [1.807, 2.05) is 12.1 Å². The number of nitrogens with two attached hydrogens (primary N) is 1. The van der Waals surface area contributed by atoms with Crippen LogP contribution in [0.1, 0.15) is 43.9 Å². The Hall–Kier alpha value is -1.35. The van der Waals surface area contributed by atoms with Gasteiger partial charge in [-0.15, -0.1) is 0 Å². The molecule has 0 radical (unpaired) electrons. The molecule has 0 aliphatic heterocycles. The first kappa shape index (κ1) is 13.1. The number of amides is 1. The van der Waals surface area contributed by atoms with E-state index in [2.05, 4.69) is 31.3 Å². The summed E-state index contributed by atoms with van der Waals surface area (Å²) in [4.78, 5) is 12.1. The Bertz CT molecular complexity index is 426. The van der Waals surface area contributed by atoms with Crippen LogP contribution >= 0.6 is 0 Å². The zero-order chi connectivity index (χ0) is 13.1. The summed E-state index contributed by atoms with van der Waals surface area (Å²) in [7, 11) is 0. The first-order valence-corrected chi connectivity index (χ1v) is 6.81. The Morgan fingerprint density at radius 3 is 2.72 bits per heavy atom. The van der Waals surface area contributed by atoms with Gasteiger partial charge in [0.25, 0.3) is 0 Å². The van der Waals surface area contributed by atoms with Crippen LogP contribution in [0.5, 0.6) is 0 Å². The van der Waals surface area contributed by atoms with Crippen LogP contribution in [0.15, 0.2) is 24.3 Å². The molecule has 2 unspecified atom stereocenters. The van der Waals surface area contributed by atoms with Gasteiger partial charge in [0.2, 0.25) is 5.91 Å². The van der Waals surface area contributed by atoms with Gasteiger partial charge in [-0.25, -0.2) is 0 Å². The van der Waals surface area contributed by atoms with Gasteiger partial charge in [-0.05, 0) is 30.4 Å². The van der Waals surface area contributed by atoms with Crippen molar-refractivity contribution >= 4 is 5.91 Å². The lowest BCUT2D eigenvalue weighted by molar-refractivity contribution is -0.126. The summed E-state index contributed by atoms with van der Waals surface area (Å²) in [6, 6.07) is 8.18. The Morgan fingerprint density at radius 2 is 2.06 bits per heavy atom.